The summed E-state index contributed by atoms with van der Waals surface area (Å²) in [6, 6.07) is 9.78. The van der Waals surface area contributed by atoms with Crippen LogP contribution in [-0.4, -0.2) is 61.9 Å². The van der Waals surface area contributed by atoms with E-state index in [4.69, 9.17) is 14.2 Å². The zero-order chi connectivity index (χ0) is 21.0. The van der Waals surface area contributed by atoms with E-state index in [1.54, 1.807) is 7.11 Å². The molecule has 172 valence electrons. The molecule has 1 aromatic heterocycles. The van der Waals surface area contributed by atoms with Crippen molar-refractivity contribution in [2.24, 2.45) is 4.99 Å². The maximum absolute atomic E-state index is 5.70. The molecule has 1 saturated heterocycles. The highest BCUT2D eigenvalue weighted by molar-refractivity contribution is 14.0. The van der Waals surface area contributed by atoms with E-state index >= 15 is 0 Å². The fraction of sp³-hybridized carbons (Fsp3) is 0.545. The third-order valence-corrected chi connectivity index (χ3v) is 4.81. The van der Waals surface area contributed by atoms with Gasteiger partial charge in [-0.3, -0.25) is 0 Å². The summed E-state index contributed by atoms with van der Waals surface area (Å²) in [7, 11) is 1.66. The minimum atomic E-state index is 0. The summed E-state index contributed by atoms with van der Waals surface area (Å²) in [6.45, 7) is 6.47. The van der Waals surface area contributed by atoms with E-state index < -0.39 is 0 Å². The van der Waals surface area contributed by atoms with Crippen molar-refractivity contribution in [2.45, 2.75) is 38.8 Å². The molecule has 0 spiro atoms. The third-order valence-electron chi connectivity index (χ3n) is 4.81. The first-order valence-corrected chi connectivity index (χ1v) is 10.7. The van der Waals surface area contributed by atoms with Crippen LogP contribution in [0, 0.1) is 0 Å². The van der Waals surface area contributed by atoms with E-state index in [0.717, 1.165) is 68.7 Å². The SMILES string of the molecule is CCNC(=NCc1ccn(-c2ccc(OC)cc2)n1)NCCCOCC1CCCO1.I. The second-order valence-corrected chi connectivity index (χ2v) is 7.14. The first-order chi connectivity index (χ1) is 14.8. The molecule has 9 heteroatoms. The second-order valence-electron chi connectivity index (χ2n) is 7.14. The summed E-state index contributed by atoms with van der Waals surface area (Å²) in [4.78, 5) is 4.64. The van der Waals surface area contributed by atoms with Crippen LogP contribution in [0.25, 0.3) is 5.69 Å². The molecule has 1 atom stereocenters. The van der Waals surface area contributed by atoms with E-state index in [2.05, 4.69) is 27.6 Å². The molecular formula is C22H34IN5O3. The maximum Gasteiger partial charge on any atom is 0.191 e. The first-order valence-electron chi connectivity index (χ1n) is 10.7. The van der Waals surface area contributed by atoms with Crippen LogP contribution in [-0.2, 0) is 16.0 Å². The lowest BCUT2D eigenvalue weighted by Gasteiger charge is -2.12. The van der Waals surface area contributed by atoms with Crippen molar-refractivity contribution in [1.82, 2.24) is 20.4 Å². The molecule has 0 saturated carbocycles. The van der Waals surface area contributed by atoms with Crippen LogP contribution in [0.5, 0.6) is 5.75 Å². The fourth-order valence-corrected chi connectivity index (χ4v) is 3.20. The Labute approximate surface area is 201 Å². The quantitative estimate of drug-likeness (QED) is 0.196. The third kappa shape index (κ3) is 8.66. The van der Waals surface area contributed by atoms with Gasteiger partial charge in [-0.2, -0.15) is 5.10 Å². The molecule has 0 bridgehead atoms. The Hall–Kier alpha value is -1.85. The molecule has 1 unspecified atom stereocenters. The van der Waals surface area contributed by atoms with Crippen molar-refractivity contribution in [2.75, 3.05) is 40.0 Å². The standard InChI is InChI=1S/C22H33N5O3.HI/c1-3-23-22(24-12-5-14-29-17-21-6-4-15-30-21)25-16-18-11-13-27(26-18)19-7-9-20(28-2)10-8-19;/h7-11,13,21H,3-6,12,14-17H2,1-2H3,(H2,23,24,25);1H. The van der Waals surface area contributed by atoms with Gasteiger partial charge in [-0.25, -0.2) is 9.67 Å². The number of guanidine groups is 1. The van der Waals surface area contributed by atoms with Crippen molar-refractivity contribution in [3.05, 3.63) is 42.2 Å². The van der Waals surface area contributed by atoms with Gasteiger partial charge in [0.15, 0.2) is 5.96 Å². The minimum absolute atomic E-state index is 0. The lowest BCUT2D eigenvalue weighted by Crippen LogP contribution is -2.38. The van der Waals surface area contributed by atoms with Gasteiger partial charge in [-0.15, -0.1) is 24.0 Å². The molecule has 0 radical (unpaired) electrons. The lowest BCUT2D eigenvalue weighted by atomic mass is 10.2. The molecular weight excluding hydrogens is 509 g/mol. The Kier molecular flexibility index (Phi) is 11.7. The minimum Gasteiger partial charge on any atom is -0.497 e. The number of benzene rings is 1. The lowest BCUT2D eigenvalue weighted by molar-refractivity contribution is 0.0168. The summed E-state index contributed by atoms with van der Waals surface area (Å²) in [5.41, 5.74) is 1.89. The van der Waals surface area contributed by atoms with Gasteiger partial charge in [0.25, 0.3) is 0 Å². The average molecular weight is 543 g/mol. The molecule has 1 aliphatic heterocycles. The van der Waals surface area contributed by atoms with Gasteiger partial charge in [0.1, 0.15) is 5.75 Å². The van der Waals surface area contributed by atoms with Crippen LogP contribution in [0.15, 0.2) is 41.5 Å². The van der Waals surface area contributed by atoms with Gasteiger partial charge in [0.2, 0.25) is 0 Å². The number of nitrogens with zero attached hydrogens (tertiary/aromatic N) is 3. The van der Waals surface area contributed by atoms with E-state index in [1.807, 2.05) is 41.2 Å². The molecule has 0 amide bonds. The summed E-state index contributed by atoms with van der Waals surface area (Å²) in [5.74, 6) is 1.62. The van der Waals surface area contributed by atoms with Crippen LogP contribution >= 0.6 is 24.0 Å². The van der Waals surface area contributed by atoms with Crippen LogP contribution in [0.4, 0.5) is 0 Å². The second kappa shape index (κ2) is 14.3. The molecule has 2 heterocycles. The van der Waals surface area contributed by atoms with Gasteiger partial charge < -0.3 is 24.8 Å². The maximum atomic E-state index is 5.70. The topological polar surface area (TPSA) is 81.9 Å². The predicted molar refractivity (Wildman–Crippen MR) is 133 cm³/mol. The molecule has 31 heavy (non-hydrogen) atoms. The number of aliphatic imine (C=N–C) groups is 1. The monoisotopic (exact) mass is 543 g/mol. The van der Waals surface area contributed by atoms with Crippen molar-refractivity contribution < 1.29 is 14.2 Å². The van der Waals surface area contributed by atoms with Gasteiger partial charge in [0.05, 0.1) is 37.7 Å². The van der Waals surface area contributed by atoms with Gasteiger partial charge >= 0.3 is 0 Å². The zero-order valence-corrected chi connectivity index (χ0v) is 20.7. The fourth-order valence-electron chi connectivity index (χ4n) is 3.20. The summed E-state index contributed by atoms with van der Waals surface area (Å²) < 4.78 is 18.3. The Balaban J connectivity index is 0.00000341. The largest absolute Gasteiger partial charge is 0.497 e. The predicted octanol–water partition coefficient (Wildman–Crippen LogP) is 3.14. The van der Waals surface area contributed by atoms with Gasteiger partial charge in [-0.05, 0) is 56.5 Å². The highest BCUT2D eigenvalue weighted by Gasteiger charge is 2.14. The Bertz CT molecular complexity index is 776. The number of hydrogen-bond donors (Lipinski definition) is 2. The van der Waals surface area contributed by atoms with E-state index in [1.165, 1.54) is 0 Å². The van der Waals surface area contributed by atoms with Crippen molar-refractivity contribution >= 4 is 29.9 Å². The Morgan fingerprint density at radius 2 is 2.10 bits per heavy atom. The molecule has 1 aromatic carbocycles. The van der Waals surface area contributed by atoms with Crippen molar-refractivity contribution in [3.63, 3.8) is 0 Å². The molecule has 2 N–H and O–H groups in total. The van der Waals surface area contributed by atoms with Crippen LogP contribution < -0.4 is 15.4 Å². The highest BCUT2D eigenvalue weighted by atomic mass is 127. The molecule has 2 aromatic rings. The number of nitrogens with one attached hydrogen (secondary N) is 2. The van der Waals surface area contributed by atoms with Crippen molar-refractivity contribution in [1.29, 1.82) is 0 Å². The highest BCUT2D eigenvalue weighted by Crippen LogP contribution is 2.15. The van der Waals surface area contributed by atoms with Gasteiger partial charge in [-0.1, -0.05) is 0 Å². The normalized spacial score (nSPS) is 16.1. The Morgan fingerprint density at radius 3 is 2.81 bits per heavy atom. The smallest absolute Gasteiger partial charge is 0.191 e. The first kappa shape index (κ1) is 25.4. The number of rotatable bonds is 11. The molecule has 3 rings (SSSR count). The number of aromatic nitrogens is 2. The number of methoxy groups -OCH3 is 1. The molecule has 8 nitrogen and oxygen atoms in total. The number of hydrogen-bond acceptors (Lipinski definition) is 5. The van der Waals surface area contributed by atoms with Gasteiger partial charge in [0, 0.05) is 32.5 Å². The number of halogens is 1. The molecule has 1 fully saturated rings. The molecule has 0 aliphatic carbocycles. The summed E-state index contributed by atoms with van der Waals surface area (Å²) in [5, 5.41) is 11.2. The number of ether oxygens (including phenoxy) is 3. The zero-order valence-electron chi connectivity index (χ0n) is 18.4. The van der Waals surface area contributed by atoms with Crippen LogP contribution in [0.3, 0.4) is 0 Å². The molecule has 1 aliphatic rings. The average Bonchev–Trinajstić information content (AvgIpc) is 3.46. The van der Waals surface area contributed by atoms with Crippen molar-refractivity contribution in [3.8, 4) is 11.4 Å². The summed E-state index contributed by atoms with van der Waals surface area (Å²) in [6.07, 6.45) is 5.41. The Morgan fingerprint density at radius 1 is 1.26 bits per heavy atom. The summed E-state index contributed by atoms with van der Waals surface area (Å²) >= 11 is 0. The van der Waals surface area contributed by atoms with Crippen LogP contribution in [0.1, 0.15) is 31.9 Å². The van der Waals surface area contributed by atoms with Crippen LogP contribution in [0.2, 0.25) is 0 Å². The van der Waals surface area contributed by atoms with E-state index in [-0.39, 0.29) is 30.1 Å². The van der Waals surface area contributed by atoms with E-state index in [9.17, 15) is 0 Å². The van der Waals surface area contributed by atoms with E-state index in [0.29, 0.717) is 13.2 Å².